The molecule has 0 saturated heterocycles. The molecule has 8 N–H and O–H groups in total. The van der Waals surface area contributed by atoms with E-state index in [2.05, 4.69) is 16.0 Å². The van der Waals surface area contributed by atoms with Crippen LogP contribution < -0.4 is 27.4 Å². The fourth-order valence-electron chi connectivity index (χ4n) is 2.94. The number of nitrogens with two attached hydrogens (primary N) is 2. The summed E-state index contributed by atoms with van der Waals surface area (Å²) in [6, 6.07) is 4.49. The highest BCUT2D eigenvalue weighted by atomic mass is 32.2. The Morgan fingerprint density at radius 3 is 2.12 bits per heavy atom. The number of carboxylic acids is 1. The summed E-state index contributed by atoms with van der Waals surface area (Å²) in [5, 5.41) is 16.8. The van der Waals surface area contributed by atoms with Crippen LogP contribution in [0, 0.1) is 0 Å². The molecule has 12 heteroatoms. The van der Waals surface area contributed by atoms with Crippen LogP contribution in [-0.4, -0.2) is 70.9 Å². The fraction of sp³-hybridized carbons (Fsp3) is 0.500. The molecular weight excluding hydrogens is 462 g/mol. The van der Waals surface area contributed by atoms with Crippen LogP contribution >= 0.6 is 11.8 Å². The zero-order valence-electron chi connectivity index (χ0n) is 19.3. The van der Waals surface area contributed by atoms with Gasteiger partial charge in [-0.1, -0.05) is 30.3 Å². The lowest BCUT2D eigenvalue weighted by molar-refractivity contribution is -0.142. The second kappa shape index (κ2) is 14.9. The minimum absolute atomic E-state index is 0.0633. The number of rotatable bonds is 15. The molecule has 0 aromatic heterocycles. The molecule has 0 aliphatic carbocycles. The number of primary amides is 1. The predicted molar refractivity (Wildman–Crippen MR) is 129 cm³/mol. The predicted octanol–water partition coefficient (Wildman–Crippen LogP) is -0.866. The van der Waals surface area contributed by atoms with Gasteiger partial charge in [-0.25, -0.2) is 4.79 Å². The molecule has 1 aromatic carbocycles. The van der Waals surface area contributed by atoms with E-state index in [1.54, 1.807) is 30.3 Å². The summed E-state index contributed by atoms with van der Waals surface area (Å²) >= 11 is 1.52. The van der Waals surface area contributed by atoms with E-state index in [4.69, 9.17) is 11.5 Å². The third-order valence-corrected chi connectivity index (χ3v) is 5.58. The van der Waals surface area contributed by atoms with E-state index in [9.17, 15) is 29.1 Å². The molecule has 0 saturated carbocycles. The Morgan fingerprint density at radius 2 is 1.56 bits per heavy atom. The van der Waals surface area contributed by atoms with Crippen LogP contribution in [-0.2, 0) is 30.4 Å². The van der Waals surface area contributed by atoms with E-state index in [0.717, 1.165) is 5.56 Å². The Hall–Kier alpha value is -3.12. The van der Waals surface area contributed by atoms with Gasteiger partial charge in [0, 0.05) is 12.8 Å². The Labute approximate surface area is 202 Å². The van der Waals surface area contributed by atoms with Crippen LogP contribution in [0.4, 0.5) is 0 Å². The maximum absolute atomic E-state index is 12.7. The van der Waals surface area contributed by atoms with Crippen LogP contribution in [0.15, 0.2) is 30.3 Å². The second-order valence-corrected chi connectivity index (χ2v) is 8.76. The summed E-state index contributed by atoms with van der Waals surface area (Å²) in [5.74, 6) is -3.23. The Balaban J connectivity index is 2.78. The molecule has 188 valence electrons. The molecule has 0 radical (unpaired) electrons. The molecule has 1 rings (SSSR count). The van der Waals surface area contributed by atoms with Crippen molar-refractivity contribution in [3.8, 4) is 0 Å². The van der Waals surface area contributed by atoms with Gasteiger partial charge in [-0.2, -0.15) is 11.8 Å². The number of hydrogen-bond donors (Lipinski definition) is 6. The van der Waals surface area contributed by atoms with Crippen LogP contribution in [0.3, 0.4) is 0 Å². The van der Waals surface area contributed by atoms with Crippen molar-refractivity contribution in [3.05, 3.63) is 35.9 Å². The van der Waals surface area contributed by atoms with Crippen molar-refractivity contribution < 1.29 is 29.1 Å². The average molecular weight is 496 g/mol. The van der Waals surface area contributed by atoms with Gasteiger partial charge >= 0.3 is 5.97 Å². The zero-order valence-corrected chi connectivity index (χ0v) is 20.1. The summed E-state index contributed by atoms with van der Waals surface area (Å²) in [5.41, 5.74) is 11.7. The van der Waals surface area contributed by atoms with Crippen LogP contribution in [0.5, 0.6) is 0 Å². The van der Waals surface area contributed by atoms with Crippen molar-refractivity contribution >= 4 is 41.4 Å². The highest BCUT2D eigenvalue weighted by Gasteiger charge is 2.28. The minimum Gasteiger partial charge on any atom is -0.480 e. The lowest BCUT2D eigenvalue weighted by Gasteiger charge is -2.23. The number of carboxylic acid groups (broad SMARTS) is 1. The molecule has 34 heavy (non-hydrogen) atoms. The van der Waals surface area contributed by atoms with Crippen molar-refractivity contribution in [1.82, 2.24) is 16.0 Å². The van der Waals surface area contributed by atoms with Gasteiger partial charge < -0.3 is 32.5 Å². The maximum atomic E-state index is 12.7. The molecule has 0 spiro atoms. The standard InChI is InChI=1S/C22H33N5O6S/c1-13(19(29)27-17(22(32)33)12-14-6-4-3-5-7-14)25-21(31)16(8-9-18(24)28)26-20(30)15(23)10-11-34-2/h3-7,13,15-17H,8-12,23H2,1-2H3,(H2,24,28)(H,25,31)(H,26,30)(H,27,29)(H,32,33). The van der Waals surface area contributed by atoms with Crippen LogP contribution in [0.1, 0.15) is 31.7 Å². The first-order valence-corrected chi connectivity index (χ1v) is 12.1. The van der Waals surface area contributed by atoms with Crippen molar-refractivity contribution in [2.45, 2.75) is 56.8 Å². The molecule has 0 heterocycles. The van der Waals surface area contributed by atoms with Gasteiger partial charge in [-0.15, -0.1) is 0 Å². The maximum Gasteiger partial charge on any atom is 0.326 e. The van der Waals surface area contributed by atoms with Crippen molar-refractivity contribution in [2.24, 2.45) is 11.5 Å². The number of carbonyl (C=O) groups excluding carboxylic acids is 4. The molecule has 1 aromatic rings. The molecule has 4 unspecified atom stereocenters. The summed E-state index contributed by atoms with van der Waals surface area (Å²) in [6.45, 7) is 1.38. The van der Waals surface area contributed by atoms with Crippen LogP contribution in [0.25, 0.3) is 0 Å². The summed E-state index contributed by atoms with van der Waals surface area (Å²) in [4.78, 5) is 60.4. The van der Waals surface area contributed by atoms with Gasteiger partial charge in [0.2, 0.25) is 23.6 Å². The lowest BCUT2D eigenvalue weighted by atomic mass is 10.1. The quantitative estimate of drug-likeness (QED) is 0.181. The molecule has 0 aliphatic rings. The van der Waals surface area contributed by atoms with Gasteiger partial charge in [0.05, 0.1) is 6.04 Å². The van der Waals surface area contributed by atoms with Crippen LogP contribution in [0.2, 0.25) is 0 Å². The third kappa shape index (κ3) is 10.7. The first-order chi connectivity index (χ1) is 16.0. The SMILES string of the molecule is CSCCC(N)C(=O)NC(CCC(N)=O)C(=O)NC(C)C(=O)NC(Cc1ccccc1)C(=O)O. The van der Waals surface area contributed by atoms with E-state index in [1.165, 1.54) is 18.7 Å². The number of amides is 4. The van der Waals surface area contributed by atoms with E-state index < -0.39 is 53.8 Å². The third-order valence-electron chi connectivity index (χ3n) is 4.93. The van der Waals surface area contributed by atoms with E-state index in [0.29, 0.717) is 12.2 Å². The van der Waals surface area contributed by atoms with E-state index in [1.807, 2.05) is 6.26 Å². The van der Waals surface area contributed by atoms with Crippen molar-refractivity contribution in [1.29, 1.82) is 0 Å². The molecule has 11 nitrogen and oxygen atoms in total. The number of carbonyl (C=O) groups is 5. The second-order valence-electron chi connectivity index (χ2n) is 7.77. The number of thioether (sulfide) groups is 1. The molecule has 0 bridgehead atoms. The average Bonchev–Trinajstić information content (AvgIpc) is 2.79. The summed E-state index contributed by atoms with van der Waals surface area (Å²) < 4.78 is 0. The van der Waals surface area contributed by atoms with Gasteiger partial charge in [-0.3, -0.25) is 19.2 Å². The number of aliphatic carboxylic acids is 1. The highest BCUT2D eigenvalue weighted by molar-refractivity contribution is 7.98. The molecule has 4 atom stereocenters. The lowest BCUT2D eigenvalue weighted by Crippen LogP contribution is -2.56. The topological polar surface area (TPSA) is 194 Å². The number of benzene rings is 1. The Morgan fingerprint density at radius 1 is 0.941 bits per heavy atom. The molecular formula is C22H33N5O6S. The first-order valence-electron chi connectivity index (χ1n) is 10.8. The molecule has 0 fully saturated rings. The zero-order chi connectivity index (χ0) is 25.7. The molecule has 4 amide bonds. The first kappa shape index (κ1) is 28.9. The number of hydrogen-bond acceptors (Lipinski definition) is 7. The molecule has 0 aliphatic heterocycles. The minimum atomic E-state index is -1.22. The van der Waals surface area contributed by atoms with Gasteiger partial charge in [0.15, 0.2) is 0 Å². The van der Waals surface area contributed by atoms with Crippen molar-refractivity contribution in [2.75, 3.05) is 12.0 Å². The largest absolute Gasteiger partial charge is 0.480 e. The van der Waals surface area contributed by atoms with E-state index in [-0.39, 0.29) is 19.3 Å². The van der Waals surface area contributed by atoms with Gasteiger partial charge in [0.1, 0.15) is 18.1 Å². The summed E-state index contributed by atoms with van der Waals surface area (Å²) in [6.07, 6.45) is 2.08. The summed E-state index contributed by atoms with van der Waals surface area (Å²) in [7, 11) is 0. The fourth-order valence-corrected chi connectivity index (χ4v) is 3.43. The van der Waals surface area contributed by atoms with Gasteiger partial charge in [0.25, 0.3) is 0 Å². The van der Waals surface area contributed by atoms with Crippen molar-refractivity contribution in [3.63, 3.8) is 0 Å². The normalized spacial score (nSPS) is 14.2. The smallest absolute Gasteiger partial charge is 0.326 e. The highest BCUT2D eigenvalue weighted by Crippen LogP contribution is 2.05. The number of nitrogens with one attached hydrogen (secondary N) is 3. The Kier molecular flexibility index (Phi) is 12.7. The van der Waals surface area contributed by atoms with E-state index >= 15 is 0 Å². The monoisotopic (exact) mass is 495 g/mol. The Bertz CT molecular complexity index is 853. The van der Waals surface area contributed by atoms with Gasteiger partial charge in [-0.05, 0) is 37.3 Å².